The highest BCUT2D eigenvalue weighted by atomic mass is 16.6. The molecule has 0 fully saturated rings. The van der Waals surface area contributed by atoms with Crippen LogP contribution in [0.3, 0.4) is 0 Å². The number of carbonyl (C=O) groups is 1. The minimum absolute atomic E-state index is 0.0803. The zero-order valence-electron chi connectivity index (χ0n) is 16.4. The fraction of sp³-hybridized carbons (Fsp3) is 0.167. The Bertz CT molecular complexity index is 1410. The minimum Gasteiger partial charge on any atom is -0.369 e. The molecule has 5 rings (SSSR count). The van der Waals surface area contributed by atoms with Crippen molar-refractivity contribution in [2.24, 2.45) is 0 Å². The number of anilines is 5. The molecule has 0 aliphatic carbocycles. The summed E-state index contributed by atoms with van der Waals surface area (Å²) < 4.78 is 0. The molecule has 1 aromatic carbocycles. The predicted octanol–water partition coefficient (Wildman–Crippen LogP) is -0.316. The number of likely N-dealkylation sites (N-methyl/N-ethyl adjacent to an activating group) is 1. The summed E-state index contributed by atoms with van der Waals surface area (Å²) in [5.41, 5.74) is 7.38. The third-order valence-electron chi connectivity index (χ3n) is 5.63. The van der Waals surface area contributed by atoms with Crippen molar-refractivity contribution in [2.75, 3.05) is 28.2 Å². The quantitative estimate of drug-likeness (QED) is 0.260. The van der Waals surface area contributed by atoms with Gasteiger partial charge in [-0.15, -0.1) is 0 Å². The van der Waals surface area contributed by atoms with Crippen molar-refractivity contribution in [1.82, 2.24) is 19.9 Å². The van der Waals surface area contributed by atoms with Gasteiger partial charge in [0.2, 0.25) is 17.8 Å². The van der Waals surface area contributed by atoms with Crippen molar-refractivity contribution in [3.8, 4) is 0 Å². The van der Waals surface area contributed by atoms with Crippen LogP contribution in [-0.2, 0) is 10.2 Å². The molecule has 0 unspecified atom stereocenters. The Balaban J connectivity index is 2.03. The Morgan fingerprint density at radius 1 is 1.06 bits per heavy atom. The van der Waals surface area contributed by atoms with Gasteiger partial charge < -0.3 is 21.7 Å². The normalized spacial score (nSPS) is 15.2. The van der Waals surface area contributed by atoms with Gasteiger partial charge in [-0.25, -0.2) is 0 Å². The van der Waals surface area contributed by atoms with E-state index in [-0.39, 0.29) is 52.5 Å². The maximum absolute atomic E-state index is 14.0. The van der Waals surface area contributed by atoms with Gasteiger partial charge in [0.1, 0.15) is 17.1 Å². The minimum atomic E-state index is -2.06. The average Bonchev–Trinajstić information content (AvgIpc) is 2.94. The number of aromatic amines is 2. The molecule has 14 nitrogen and oxygen atoms in total. The standard InChI is InChI=1S/C18H15N9O5/c1-2-26-8-4-3-6(27(31)32)5-7(8)18(15(26)30)9-11(22-16(19)24-13(9)28)21-12-10(18)14(29)25-17(20)23-12/h3-5H,2H2,1H3,(H7,19,20,21,22,23,24,25,28,29). The summed E-state index contributed by atoms with van der Waals surface area (Å²) in [4.78, 5) is 65.3. The predicted molar refractivity (Wildman–Crippen MR) is 113 cm³/mol. The molecule has 0 atom stereocenters. The zero-order chi connectivity index (χ0) is 22.9. The third-order valence-corrected chi connectivity index (χ3v) is 5.63. The van der Waals surface area contributed by atoms with E-state index in [9.17, 15) is 24.5 Å². The van der Waals surface area contributed by atoms with E-state index in [1.54, 1.807) is 6.92 Å². The van der Waals surface area contributed by atoms with Gasteiger partial charge in [-0.05, 0) is 13.0 Å². The summed E-state index contributed by atoms with van der Waals surface area (Å²) >= 11 is 0. The maximum Gasteiger partial charge on any atom is 0.269 e. The van der Waals surface area contributed by atoms with Crippen LogP contribution in [0.5, 0.6) is 0 Å². The Morgan fingerprint density at radius 3 is 2.12 bits per heavy atom. The van der Waals surface area contributed by atoms with Gasteiger partial charge in [0.05, 0.1) is 16.1 Å². The molecule has 1 spiro atoms. The van der Waals surface area contributed by atoms with Crippen LogP contribution in [0.4, 0.5) is 34.9 Å². The van der Waals surface area contributed by atoms with Crippen molar-refractivity contribution in [3.63, 3.8) is 0 Å². The van der Waals surface area contributed by atoms with Crippen LogP contribution in [0, 0.1) is 10.1 Å². The first-order valence-corrected chi connectivity index (χ1v) is 9.38. The fourth-order valence-electron chi connectivity index (χ4n) is 4.49. The number of nitrogen functional groups attached to an aromatic ring is 2. The summed E-state index contributed by atoms with van der Waals surface area (Å²) in [6.07, 6.45) is 0. The number of nitrogens with two attached hydrogens (primary N) is 2. The number of rotatable bonds is 2. The van der Waals surface area contributed by atoms with Crippen LogP contribution in [-0.4, -0.2) is 37.3 Å². The van der Waals surface area contributed by atoms with Gasteiger partial charge in [0.25, 0.3) is 16.8 Å². The molecule has 4 heterocycles. The number of benzene rings is 1. The molecule has 0 saturated carbocycles. The lowest BCUT2D eigenvalue weighted by Crippen LogP contribution is -2.51. The Hall–Kier alpha value is -4.75. The Labute approximate surface area is 177 Å². The second kappa shape index (κ2) is 6.13. The molecule has 14 heteroatoms. The highest BCUT2D eigenvalue weighted by Gasteiger charge is 2.60. The average molecular weight is 437 g/mol. The van der Waals surface area contributed by atoms with Crippen LogP contribution in [0.25, 0.3) is 0 Å². The number of carbonyl (C=O) groups excluding carboxylic acids is 1. The number of nitro benzene ring substituents is 1. The SMILES string of the molecule is CCN1C(=O)C2(c3cc([N+](=O)[O-])ccc31)c1c(nc(N)[nH]c1=O)Nc1nc(N)[nH]c(=O)c12. The number of nitrogens with zero attached hydrogens (tertiary/aromatic N) is 4. The van der Waals surface area contributed by atoms with Crippen molar-refractivity contribution in [1.29, 1.82) is 0 Å². The summed E-state index contributed by atoms with van der Waals surface area (Å²) in [6.45, 7) is 1.87. The highest BCUT2D eigenvalue weighted by Crippen LogP contribution is 2.54. The lowest BCUT2D eigenvalue weighted by molar-refractivity contribution is -0.384. The summed E-state index contributed by atoms with van der Waals surface area (Å²) in [5, 5.41) is 14.3. The van der Waals surface area contributed by atoms with Gasteiger partial charge in [-0.2, -0.15) is 9.97 Å². The van der Waals surface area contributed by atoms with E-state index in [0.717, 1.165) is 0 Å². The summed E-state index contributed by atoms with van der Waals surface area (Å²) in [7, 11) is 0. The second-order valence-corrected chi connectivity index (χ2v) is 7.23. The molecule has 2 aliphatic heterocycles. The molecular weight excluding hydrogens is 422 g/mol. The van der Waals surface area contributed by atoms with Crippen LogP contribution in [0.1, 0.15) is 23.6 Å². The molecule has 0 saturated heterocycles. The first-order valence-electron chi connectivity index (χ1n) is 9.38. The van der Waals surface area contributed by atoms with Crippen molar-refractivity contribution in [2.45, 2.75) is 12.3 Å². The van der Waals surface area contributed by atoms with Crippen LogP contribution < -0.4 is 32.8 Å². The van der Waals surface area contributed by atoms with E-state index in [1.807, 2.05) is 0 Å². The molecule has 32 heavy (non-hydrogen) atoms. The van der Waals surface area contributed by atoms with Gasteiger partial charge in [-0.1, -0.05) is 0 Å². The van der Waals surface area contributed by atoms with Crippen LogP contribution in [0.15, 0.2) is 27.8 Å². The number of nitrogens with one attached hydrogen (secondary N) is 3. The molecule has 162 valence electrons. The Morgan fingerprint density at radius 2 is 1.62 bits per heavy atom. The molecule has 2 aliphatic rings. The zero-order valence-corrected chi connectivity index (χ0v) is 16.4. The first kappa shape index (κ1) is 19.2. The van der Waals surface area contributed by atoms with E-state index >= 15 is 0 Å². The summed E-state index contributed by atoms with van der Waals surface area (Å²) in [5.74, 6) is -1.36. The number of non-ortho nitro benzene ring substituents is 1. The van der Waals surface area contributed by atoms with E-state index in [1.165, 1.54) is 23.1 Å². The van der Waals surface area contributed by atoms with Gasteiger partial charge >= 0.3 is 0 Å². The number of aromatic nitrogens is 4. The van der Waals surface area contributed by atoms with E-state index in [2.05, 4.69) is 25.3 Å². The lowest BCUT2D eigenvalue weighted by Gasteiger charge is -2.34. The molecule has 7 N–H and O–H groups in total. The van der Waals surface area contributed by atoms with Crippen LogP contribution in [0.2, 0.25) is 0 Å². The van der Waals surface area contributed by atoms with E-state index in [0.29, 0.717) is 5.69 Å². The topological polar surface area (TPSA) is 219 Å². The number of fused-ring (bicyclic) bond motifs is 6. The first-order chi connectivity index (χ1) is 15.2. The molecule has 3 aromatic rings. The smallest absolute Gasteiger partial charge is 0.269 e. The maximum atomic E-state index is 14.0. The highest BCUT2D eigenvalue weighted by molar-refractivity contribution is 6.15. The largest absolute Gasteiger partial charge is 0.369 e. The number of hydrogen-bond acceptors (Lipinski definition) is 10. The fourth-order valence-corrected chi connectivity index (χ4v) is 4.49. The molecule has 1 amide bonds. The lowest BCUT2D eigenvalue weighted by atomic mass is 9.69. The summed E-state index contributed by atoms with van der Waals surface area (Å²) in [6, 6.07) is 3.82. The Kier molecular flexibility index (Phi) is 3.68. The number of nitro groups is 1. The monoisotopic (exact) mass is 437 g/mol. The number of hydrogen-bond donors (Lipinski definition) is 5. The number of H-pyrrole nitrogens is 2. The molecule has 0 radical (unpaired) electrons. The van der Waals surface area contributed by atoms with Crippen LogP contribution >= 0.6 is 0 Å². The molecule has 2 aromatic heterocycles. The second-order valence-electron chi connectivity index (χ2n) is 7.23. The van der Waals surface area contributed by atoms with Crippen molar-refractivity contribution >= 4 is 40.8 Å². The van der Waals surface area contributed by atoms with Gasteiger partial charge in [0.15, 0.2) is 0 Å². The number of amides is 1. The molecule has 0 bridgehead atoms. The van der Waals surface area contributed by atoms with Crippen molar-refractivity contribution < 1.29 is 9.72 Å². The van der Waals surface area contributed by atoms with Gasteiger partial charge in [-0.3, -0.25) is 34.5 Å². The van der Waals surface area contributed by atoms with Gasteiger partial charge in [0, 0.05) is 29.9 Å². The third kappa shape index (κ3) is 2.19. The molecular formula is C18H15N9O5. The van der Waals surface area contributed by atoms with Crippen molar-refractivity contribution in [3.05, 3.63) is 65.7 Å². The van der Waals surface area contributed by atoms with E-state index < -0.39 is 27.4 Å². The van der Waals surface area contributed by atoms with E-state index in [4.69, 9.17) is 11.5 Å².